The Morgan fingerprint density at radius 2 is 1.42 bits per heavy atom. The maximum atomic E-state index is 15.6. The Balaban J connectivity index is 1.84. The summed E-state index contributed by atoms with van der Waals surface area (Å²) < 4.78 is 30.5. The van der Waals surface area contributed by atoms with Gasteiger partial charge < -0.3 is 4.90 Å². The second kappa shape index (κ2) is 9.88. The van der Waals surface area contributed by atoms with Gasteiger partial charge in [-0.25, -0.2) is 8.78 Å². The van der Waals surface area contributed by atoms with Crippen LogP contribution in [0.1, 0.15) is 42.5 Å². The van der Waals surface area contributed by atoms with Gasteiger partial charge in [-0.1, -0.05) is 88.7 Å². The van der Waals surface area contributed by atoms with Crippen LogP contribution < -0.4 is 0 Å². The van der Waals surface area contributed by atoms with Gasteiger partial charge in [-0.15, -0.1) is 0 Å². The van der Waals surface area contributed by atoms with E-state index in [4.69, 9.17) is 0 Å². The molecule has 0 bridgehead atoms. The van der Waals surface area contributed by atoms with Crippen molar-refractivity contribution in [2.24, 2.45) is 0 Å². The lowest BCUT2D eigenvalue weighted by atomic mass is 9.80. The Kier molecular flexibility index (Phi) is 6.94. The van der Waals surface area contributed by atoms with Crippen LogP contribution in [0.3, 0.4) is 0 Å². The molecule has 1 nitrogen and oxygen atoms in total. The molecule has 3 aromatic carbocycles. The molecule has 0 amide bonds. The molecule has 1 aliphatic heterocycles. The molecule has 0 fully saturated rings. The van der Waals surface area contributed by atoms with Crippen LogP contribution in [0.2, 0.25) is 0 Å². The van der Waals surface area contributed by atoms with E-state index in [1.54, 1.807) is 19.9 Å². The molecule has 168 valence electrons. The summed E-state index contributed by atoms with van der Waals surface area (Å²) in [5.41, 5.74) is 1.98. The number of halogens is 3. The molecule has 0 N–H and O–H groups in total. The summed E-state index contributed by atoms with van der Waals surface area (Å²) in [6, 6.07) is 25.0. The number of rotatable bonds is 6. The standard InChI is InChI=1S/C29H26BrF2N/c1-29(2,32)27(24-17-25(30)19-26(31)18-24)23-15-9-10-16-33(20-23)28(21-11-5-3-6-12-21)22-13-7-4-8-14-22/h3-20,27-28H,1-2H3/t27-/m1/s1. The van der Waals surface area contributed by atoms with Crippen LogP contribution in [0.5, 0.6) is 0 Å². The number of hydrogen-bond acceptors (Lipinski definition) is 1. The molecule has 1 atom stereocenters. The first-order valence-corrected chi connectivity index (χ1v) is 11.7. The van der Waals surface area contributed by atoms with Crippen LogP contribution in [0.4, 0.5) is 8.78 Å². The van der Waals surface area contributed by atoms with Crippen molar-refractivity contribution in [3.05, 3.63) is 142 Å². The van der Waals surface area contributed by atoms with E-state index < -0.39 is 17.4 Å². The van der Waals surface area contributed by atoms with Crippen molar-refractivity contribution in [1.29, 1.82) is 0 Å². The van der Waals surface area contributed by atoms with Crippen molar-refractivity contribution in [2.45, 2.75) is 31.5 Å². The minimum Gasteiger partial charge on any atom is -0.343 e. The molecule has 3 aromatic rings. The average molecular weight is 506 g/mol. The van der Waals surface area contributed by atoms with Crippen molar-refractivity contribution in [3.63, 3.8) is 0 Å². The maximum absolute atomic E-state index is 15.6. The summed E-state index contributed by atoms with van der Waals surface area (Å²) in [7, 11) is 0. The van der Waals surface area contributed by atoms with E-state index in [9.17, 15) is 4.39 Å². The average Bonchev–Trinajstić information content (AvgIpc) is 3.00. The van der Waals surface area contributed by atoms with Gasteiger partial charge >= 0.3 is 0 Å². The summed E-state index contributed by atoms with van der Waals surface area (Å²) in [5, 5.41) is 0. The third-order valence-electron chi connectivity index (χ3n) is 5.72. The molecule has 1 heterocycles. The Morgan fingerprint density at radius 1 is 0.818 bits per heavy atom. The first-order valence-electron chi connectivity index (χ1n) is 10.9. The highest BCUT2D eigenvalue weighted by Crippen LogP contribution is 2.41. The van der Waals surface area contributed by atoms with Crippen LogP contribution in [0.15, 0.2) is 120 Å². The molecular weight excluding hydrogens is 480 g/mol. The Bertz CT molecular complexity index is 1120. The molecule has 1 aliphatic rings. The summed E-state index contributed by atoms with van der Waals surface area (Å²) in [6.07, 6.45) is 9.75. The fourth-order valence-electron chi connectivity index (χ4n) is 4.44. The van der Waals surface area contributed by atoms with Gasteiger partial charge in [0.1, 0.15) is 11.5 Å². The van der Waals surface area contributed by atoms with E-state index in [0.717, 1.165) is 16.7 Å². The van der Waals surface area contributed by atoms with E-state index >= 15 is 4.39 Å². The molecule has 0 saturated carbocycles. The van der Waals surface area contributed by atoms with Gasteiger partial charge in [0.25, 0.3) is 0 Å². The summed E-state index contributed by atoms with van der Waals surface area (Å²) in [4.78, 5) is 2.10. The number of allylic oxidation sites excluding steroid dienone is 4. The Labute approximate surface area is 202 Å². The highest BCUT2D eigenvalue weighted by molar-refractivity contribution is 9.10. The molecular formula is C29H26BrF2N. The van der Waals surface area contributed by atoms with Crippen LogP contribution in [0, 0.1) is 5.82 Å². The van der Waals surface area contributed by atoms with Gasteiger partial charge in [-0.05, 0) is 60.4 Å². The van der Waals surface area contributed by atoms with Crippen LogP contribution in [-0.2, 0) is 0 Å². The van der Waals surface area contributed by atoms with Gasteiger partial charge in [0, 0.05) is 22.8 Å². The zero-order valence-electron chi connectivity index (χ0n) is 18.6. The fraction of sp³-hybridized carbons (Fsp3) is 0.172. The van der Waals surface area contributed by atoms with E-state index in [2.05, 4.69) is 45.1 Å². The third-order valence-corrected chi connectivity index (χ3v) is 6.18. The molecule has 0 spiro atoms. The smallest absolute Gasteiger partial charge is 0.124 e. The van der Waals surface area contributed by atoms with Gasteiger partial charge in [0.05, 0.1) is 6.04 Å². The van der Waals surface area contributed by atoms with Crippen molar-refractivity contribution >= 4 is 15.9 Å². The lowest BCUT2D eigenvalue weighted by Gasteiger charge is -2.33. The first kappa shape index (κ1) is 23.2. The number of benzene rings is 3. The largest absolute Gasteiger partial charge is 0.343 e. The molecule has 0 saturated heterocycles. The first-order chi connectivity index (χ1) is 15.8. The molecule has 0 aromatic heterocycles. The second-order valence-electron chi connectivity index (χ2n) is 8.70. The molecule has 33 heavy (non-hydrogen) atoms. The zero-order valence-corrected chi connectivity index (χ0v) is 20.2. The molecule has 4 rings (SSSR count). The molecule has 4 heteroatoms. The second-order valence-corrected chi connectivity index (χ2v) is 9.62. The van der Waals surface area contributed by atoms with Gasteiger partial charge in [-0.3, -0.25) is 0 Å². The van der Waals surface area contributed by atoms with Gasteiger partial charge in [-0.2, -0.15) is 0 Å². The predicted molar refractivity (Wildman–Crippen MR) is 135 cm³/mol. The quantitative estimate of drug-likeness (QED) is 0.324. The lowest BCUT2D eigenvalue weighted by molar-refractivity contribution is 0.189. The van der Waals surface area contributed by atoms with Crippen LogP contribution >= 0.6 is 15.9 Å². The highest BCUT2D eigenvalue weighted by atomic mass is 79.9. The van der Waals surface area contributed by atoms with Crippen molar-refractivity contribution in [2.75, 3.05) is 0 Å². The summed E-state index contributed by atoms with van der Waals surface area (Å²) in [5.74, 6) is -1.05. The van der Waals surface area contributed by atoms with E-state index in [0.29, 0.717) is 10.0 Å². The topological polar surface area (TPSA) is 3.24 Å². The number of alkyl halides is 1. The van der Waals surface area contributed by atoms with E-state index in [1.807, 2.05) is 67.0 Å². The van der Waals surface area contributed by atoms with Crippen molar-refractivity contribution < 1.29 is 8.78 Å². The summed E-state index contributed by atoms with van der Waals surface area (Å²) >= 11 is 3.36. The zero-order chi connectivity index (χ0) is 23.4. The number of hydrogen-bond donors (Lipinski definition) is 0. The monoisotopic (exact) mass is 505 g/mol. The minimum atomic E-state index is -1.62. The Hall–Kier alpha value is -2.98. The van der Waals surface area contributed by atoms with E-state index in [1.165, 1.54) is 12.1 Å². The molecule has 0 unspecified atom stereocenters. The summed E-state index contributed by atoms with van der Waals surface area (Å²) in [6.45, 7) is 3.08. The third kappa shape index (κ3) is 5.51. The van der Waals surface area contributed by atoms with E-state index in [-0.39, 0.29) is 6.04 Å². The molecule has 0 aliphatic carbocycles. The highest BCUT2D eigenvalue weighted by Gasteiger charge is 2.34. The van der Waals surface area contributed by atoms with Crippen molar-refractivity contribution in [3.8, 4) is 0 Å². The van der Waals surface area contributed by atoms with Crippen LogP contribution in [0.25, 0.3) is 0 Å². The SMILES string of the molecule is CC(C)(F)[C@H](C1=CN(C(c2ccccc2)c2ccccc2)C=CC=C1)c1cc(F)cc(Br)c1. The van der Waals surface area contributed by atoms with Gasteiger partial charge in [0.2, 0.25) is 0 Å². The van der Waals surface area contributed by atoms with Crippen LogP contribution in [-0.4, -0.2) is 10.6 Å². The fourth-order valence-corrected chi connectivity index (χ4v) is 4.92. The Morgan fingerprint density at radius 3 is 1.97 bits per heavy atom. The minimum absolute atomic E-state index is 0.0961. The van der Waals surface area contributed by atoms with Gasteiger partial charge in [0.15, 0.2) is 0 Å². The van der Waals surface area contributed by atoms with Crippen molar-refractivity contribution in [1.82, 2.24) is 4.90 Å². The maximum Gasteiger partial charge on any atom is 0.124 e. The number of nitrogens with zero attached hydrogens (tertiary/aromatic N) is 1. The predicted octanol–water partition coefficient (Wildman–Crippen LogP) is 8.48. The lowest BCUT2D eigenvalue weighted by Crippen LogP contribution is -2.27. The normalized spacial score (nSPS) is 14.8. The molecule has 0 radical (unpaired) electrons.